The highest BCUT2D eigenvalue weighted by atomic mass is 32.1. The number of nitrogens with one attached hydrogen (secondary N) is 1. The third-order valence-corrected chi connectivity index (χ3v) is 3.61. The average Bonchev–Trinajstić information content (AvgIpc) is 3.28. The molecule has 0 atom stereocenters. The third-order valence-electron chi connectivity index (χ3n) is 3.30. The average molecular weight is 357 g/mol. The first-order chi connectivity index (χ1) is 12.1. The second-order valence-electron chi connectivity index (χ2n) is 4.89. The minimum Gasteiger partial charge on any atom is -0.474 e. The van der Waals surface area contributed by atoms with Crippen LogP contribution in [0.4, 0.5) is 10.2 Å². The van der Waals surface area contributed by atoms with E-state index in [2.05, 4.69) is 25.5 Å². The molecule has 0 radical (unpaired) electrons. The van der Waals surface area contributed by atoms with Crippen LogP contribution >= 0.6 is 12.2 Å². The fraction of sp³-hybridized carbons (Fsp3) is 0.133. The van der Waals surface area contributed by atoms with E-state index in [1.54, 1.807) is 18.3 Å². The van der Waals surface area contributed by atoms with Crippen LogP contribution < -0.4 is 5.32 Å². The lowest BCUT2D eigenvalue weighted by molar-refractivity contribution is 0.392. The van der Waals surface area contributed by atoms with Crippen molar-refractivity contribution in [2.75, 3.05) is 7.11 Å². The van der Waals surface area contributed by atoms with Crippen LogP contribution in [0.5, 0.6) is 0 Å². The van der Waals surface area contributed by atoms with E-state index in [1.165, 1.54) is 34.9 Å². The summed E-state index contributed by atoms with van der Waals surface area (Å²) in [7, 11) is 1.47. The van der Waals surface area contributed by atoms with Crippen molar-refractivity contribution < 1.29 is 9.13 Å². The molecule has 2 heterocycles. The predicted octanol–water partition coefficient (Wildman–Crippen LogP) is 2.16. The van der Waals surface area contributed by atoms with Gasteiger partial charge in [0.25, 0.3) is 11.0 Å². The molecule has 1 N–H and O–H groups in total. The topological polar surface area (TPSA) is 74.2 Å². The van der Waals surface area contributed by atoms with Gasteiger partial charge < -0.3 is 14.9 Å². The van der Waals surface area contributed by atoms with Gasteiger partial charge in [-0.05, 0) is 24.4 Å². The standard InChI is InChI=1S/C15H12FN7OS/c1-17-14-8-22(9-19-14)13-4-3-11(5-12(13)16)23-7-10(20-21-23)6-18-15(25)24-2/h3-5,7-9H,6H2,2H3,(H,18,25). The summed E-state index contributed by atoms with van der Waals surface area (Å²) in [4.78, 5) is 7.06. The fourth-order valence-corrected chi connectivity index (χ4v) is 2.16. The Morgan fingerprint density at radius 3 is 2.96 bits per heavy atom. The quantitative estimate of drug-likeness (QED) is 0.570. The number of imidazole rings is 1. The number of nitrogens with zero attached hydrogens (tertiary/aromatic N) is 6. The van der Waals surface area contributed by atoms with Gasteiger partial charge in [-0.1, -0.05) is 11.8 Å². The summed E-state index contributed by atoms with van der Waals surface area (Å²) in [5.74, 6) is -0.270. The first kappa shape index (κ1) is 16.5. The minimum absolute atomic E-state index is 0.200. The third kappa shape index (κ3) is 3.61. The van der Waals surface area contributed by atoms with Crippen molar-refractivity contribution in [2.24, 2.45) is 0 Å². The number of hydrogen-bond acceptors (Lipinski definition) is 5. The number of rotatable bonds is 4. The van der Waals surface area contributed by atoms with Crippen molar-refractivity contribution in [3.63, 3.8) is 0 Å². The van der Waals surface area contributed by atoms with Gasteiger partial charge in [0, 0.05) is 12.3 Å². The Hall–Kier alpha value is -3.32. The van der Waals surface area contributed by atoms with Gasteiger partial charge in [0.15, 0.2) is 6.33 Å². The van der Waals surface area contributed by atoms with Crippen LogP contribution in [0.2, 0.25) is 0 Å². The lowest BCUT2D eigenvalue weighted by Crippen LogP contribution is -2.22. The lowest BCUT2D eigenvalue weighted by atomic mass is 10.2. The van der Waals surface area contributed by atoms with Gasteiger partial charge in [-0.2, -0.15) is 0 Å². The number of benzene rings is 1. The number of ether oxygens (including phenoxy) is 1. The van der Waals surface area contributed by atoms with Crippen LogP contribution in [-0.4, -0.2) is 36.8 Å². The van der Waals surface area contributed by atoms with E-state index in [9.17, 15) is 4.39 Å². The van der Waals surface area contributed by atoms with Gasteiger partial charge in [0.1, 0.15) is 11.5 Å². The minimum atomic E-state index is -0.470. The van der Waals surface area contributed by atoms with E-state index in [-0.39, 0.29) is 11.0 Å². The fourth-order valence-electron chi connectivity index (χ4n) is 2.09. The van der Waals surface area contributed by atoms with E-state index in [0.717, 1.165) is 0 Å². The zero-order chi connectivity index (χ0) is 17.8. The molecule has 0 saturated carbocycles. The van der Waals surface area contributed by atoms with Crippen LogP contribution in [-0.2, 0) is 11.3 Å². The summed E-state index contributed by atoms with van der Waals surface area (Å²) >= 11 is 4.88. The summed E-state index contributed by atoms with van der Waals surface area (Å²) in [6, 6.07) is 4.61. The smallest absolute Gasteiger partial charge is 0.287 e. The maximum absolute atomic E-state index is 14.4. The van der Waals surface area contributed by atoms with Gasteiger partial charge >= 0.3 is 0 Å². The molecule has 3 aromatic rings. The lowest BCUT2D eigenvalue weighted by Gasteiger charge is -2.06. The molecule has 3 rings (SSSR count). The molecule has 8 nitrogen and oxygen atoms in total. The Morgan fingerprint density at radius 1 is 1.44 bits per heavy atom. The SMILES string of the molecule is [C-]#[N+]c1cn(-c2ccc(-n3cc(CNC(=S)OC)nn3)cc2F)cn1. The van der Waals surface area contributed by atoms with Gasteiger partial charge in [-0.15, -0.1) is 10.1 Å². The van der Waals surface area contributed by atoms with E-state index < -0.39 is 5.82 Å². The first-order valence-electron chi connectivity index (χ1n) is 7.05. The van der Waals surface area contributed by atoms with Crippen molar-refractivity contribution in [1.29, 1.82) is 0 Å². The van der Waals surface area contributed by atoms with Crippen molar-refractivity contribution >= 4 is 23.2 Å². The zero-order valence-electron chi connectivity index (χ0n) is 13.0. The van der Waals surface area contributed by atoms with Crippen LogP contribution in [0.25, 0.3) is 16.2 Å². The second-order valence-corrected chi connectivity index (χ2v) is 5.26. The maximum atomic E-state index is 14.4. The molecule has 0 unspecified atom stereocenters. The molecular weight excluding hydrogens is 345 g/mol. The van der Waals surface area contributed by atoms with Crippen molar-refractivity contribution in [3.05, 3.63) is 59.8 Å². The molecule has 0 fully saturated rings. The Morgan fingerprint density at radius 2 is 2.28 bits per heavy atom. The zero-order valence-corrected chi connectivity index (χ0v) is 13.9. The largest absolute Gasteiger partial charge is 0.474 e. The van der Waals surface area contributed by atoms with Crippen molar-refractivity contribution in [3.8, 4) is 11.4 Å². The monoisotopic (exact) mass is 357 g/mol. The second kappa shape index (κ2) is 7.06. The Bertz CT molecular complexity index is 959. The summed E-state index contributed by atoms with van der Waals surface area (Å²) < 4.78 is 22.2. The molecule has 0 bridgehead atoms. The highest BCUT2D eigenvalue weighted by molar-refractivity contribution is 7.80. The van der Waals surface area contributed by atoms with Gasteiger partial charge in [-0.25, -0.2) is 9.07 Å². The number of thiocarbonyl (C=S) groups is 1. The Kier molecular flexibility index (Phi) is 4.67. The van der Waals surface area contributed by atoms with Crippen LogP contribution in [0, 0.1) is 12.4 Å². The molecule has 0 aliphatic carbocycles. The number of methoxy groups -OCH3 is 1. The highest BCUT2D eigenvalue weighted by Crippen LogP contribution is 2.19. The normalized spacial score (nSPS) is 10.3. The highest BCUT2D eigenvalue weighted by Gasteiger charge is 2.10. The summed E-state index contributed by atoms with van der Waals surface area (Å²) in [5.41, 5.74) is 1.43. The molecule has 2 aromatic heterocycles. The molecular formula is C15H12FN7OS. The van der Waals surface area contributed by atoms with Crippen molar-refractivity contribution in [1.82, 2.24) is 29.9 Å². The molecule has 0 spiro atoms. The summed E-state index contributed by atoms with van der Waals surface area (Å²) in [5, 5.41) is 11.1. The molecule has 25 heavy (non-hydrogen) atoms. The van der Waals surface area contributed by atoms with E-state index in [0.29, 0.717) is 23.6 Å². The molecule has 10 heteroatoms. The molecule has 0 amide bonds. The first-order valence-corrected chi connectivity index (χ1v) is 7.46. The number of aromatic nitrogens is 5. The molecule has 1 aromatic carbocycles. The van der Waals surface area contributed by atoms with Gasteiger partial charge in [0.2, 0.25) is 0 Å². The van der Waals surface area contributed by atoms with Crippen LogP contribution in [0.3, 0.4) is 0 Å². The van der Waals surface area contributed by atoms with Gasteiger partial charge in [0.05, 0.1) is 31.2 Å². The van der Waals surface area contributed by atoms with Crippen LogP contribution in [0.1, 0.15) is 5.69 Å². The van der Waals surface area contributed by atoms with E-state index >= 15 is 0 Å². The van der Waals surface area contributed by atoms with Crippen LogP contribution in [0.15, 0.2) is 36.9 Å². The van der Waals surface area contributed by atoms with Gasteiger partial charge in [-0.3, -0.25) is 4.57 Å². The predicted molar refractivity (Wildman–Crippen MR) is 91.1 cm³/mol. The Labute approximate surface area is 147 Å². The molecule has 0 aliphatic rings. The summed E-state index contributed by atoms with van der Waals surface area (Å²) in [6.07, 6.45) is 4.51. The summed E-state index contributed by atoms with van der Waals surface area (Å²) in [6.45, 7) is 7.26. The van der Waals surface area contributed by atoms with E-state index in [1.807, 2.05) is 0 Å². The van der Waals surface area contributed by atoms with E-state index in [4.69, 9.17) is 23.5 Å². The number of halogens is 1. The molecule has 0 aliphatic heterocycles. The van der Waals surface area contributed by atoms with Crippen molar-refractivity contribution in [2.45, 2.75) is 6.54 Å². The molecule has 0 saturated heterocycles. The Balaban J connectivity index is 1.80. The molecule has 126 valence electrons. The number of hydrogen-bond donors (Lipinski definition) is 1. The maximum Gasteiger partial charge on any atom is 0.287 e.